The minimum Gasteiger partial charge on any atom is -0.479 e. The molecular weight excluding hydrogens is 408 g/mol. The Labute approximate surface area is 162 Å². The third kappa shape index (κ3) is 5.08. The van der Waals surface area contributed by atoms with Crippen molar-refractivity contribution in [3.8, 4) is 0 Å². The van der Waals surface area contributed by atoms with Crippen molar-refractivity contribution < 1.29 is 14.6 Å². The third-order valence-electron chi connectivity index (χ3n) is 4.39. The Morgan fingerprint density at radius 3 is 2.44 bits per heavy atom. The largest absolute Gasteiger partial charge is 0.479 e. The van der Waals surface area contributed by atoms with Crippen LogP contribution >= 0.6 is 27.5 Å². The van der Waals surface area contributed by atoms with Crippen molar-refractivity contribution >= 4 is 39.2 Å². The molecule has 0 radical (unpaired) electrons. The Morgan fingerprint density at radius 2 is 1.96 bits per heavy atom. The molecule has 0 aromatic carbocycles. The summed E-state index contributed by atoms with van der Waals surface area (Å²) in [6, 6.07) is 0. The maximum atomic E-state index is 11.9. The molecule has 0 amide bonds. The standard InChI is InChI=1S/C18H26BrClN2O3/c1-17(2,3)25-14(16(23)24)12-13(11(19)10-21-15(12)20)22-8-6-18(4,5)7-9-22/h10,14H,6-9H2,1-5H3,(H,23,24). The van der Waals surface area contributed by atoms with Gasteiger partial charge in [-0.25, -0.2) is 9.78 Å². The lowest BCUT2D eigenvalue weighted by Crippen LogP contribution is -2.39. The molecule has 0 bridgehead atoms. The van der Waals surface area contributed by atoms with Crippen LogP contribution in [0.1, 0.15) is 59.1 Å². The minimum absolute atomic E-state index is 0.166. The van der Waals surface area contributed by atoms with Gasteiger partial charge in [0.15, 0.2) is 6.10 Å². The van der Waals surface area contributed by atoms with Crippen LogP contribution in [0.2, 0.25) is 5.15 Å². The first-order chi connectivity index (χ1) is 11.4. The predicted octanol–water partition coefficient (Wildman–Crippen LogP) is 5.06. The summed E-state index contributed by atoms with van der Waals surface area (Å²) in [4.78, 5) is 18.3. The van der Waals surface area contributed by atoms with Crippen molar-refractivity contribution in [2.45, 2.75) is 59.2 Å². The van der Waals surface area contributed by atoms with Gasteiger partial charge in [-0.05, 0) is 55.0 Å². The molecule has 1 aliphatic rings. The lowest BCUT2D eigenvalue weighted by atomic mass is 9.82. The zero-order valence-corrected chi connectivity index (χ0v) is 17.7. The zero-order valence-electron chi connectivity index (χ0n) is 15.4. The number of hydrogen-bond acceptors (Lipinski definition) is 4. The normalized spacial score (nSPS) is 18.9. The SMILES string of the molecule is CC1(C)CCN(c2c(Br)cnc(Cl)c2C(OC(C)(C)C)C(=O)O)CC1. The number of piperidine rings is 1. The molecule has 1 aliphatic heterocycles. The fourth-order valence-electron chi connectivity index (χ4n) is 2.95. The number of carbonyl (C=O) groups is 1. The Morgan fingerprint density at radius 1 is 1.40 bits per heavy atom. The summed E-state index contributed by atoms with van der Waals surface area (Å²) in [6.45, 7) is 11.6. The molecule has 2 rings (SSSR count). The maximum absolute atomic E-state index is 11.9. The van der Waals surface area contributed by atoms with Crippen molar-refractivity contribution in [3.63, 3.8) is 0 Å². The highest BCUT2D eigenvalue weighted by Crippen LogP contribution is 2.43. The van der Waals surface area contributed by atoms with E-state index < -0.39 is 17.7 Å². The van der Waals surface area contributed by atoms with Gasteiger partial charge >= 0.3 is 5.97 Å². The van der Waals surface area contributed by atoms with E-state index in [4.69, 9.17) is 16.3 Å². The fourth-order valence-corrected chi connectivity index (χ4v) is 3.75. The number of carboxylic acid groups (broad SMARTS) is 1. The van der Waals surface area contributed by atoms with Crippen LogP contribution in [-0.2, 0) is 9.53 Å². The van der Waals surface area contributed by atoms with E-state index in [9.17, 15) is 9.90 Å². The van der Waals surface area contributed by atoms with Gasteiger partial charge in [-0.15, -0.1) is 0 Å². The van der Waals surface area contributed by atoms with Gasteiger partial charge in [0.1, 0.15) is 5.15 Å². The number of ether oxygens (including phenoxy) is 1. The van der Waals surface area contributed by atoms with Crippen LogP contribution in [0.15, 0.2) is 10.7 Å². The van der Waals surface area contributed by atoms with Crippen LogP contribution in [-0.4, -0.2) is 34.8 Å². The molecule has 0 saturated carbocycles. The van der Waals surface area contributed by atoms with E-state index in [0.717, 1.165) is 36.1 Å². The molecule has 1 aromatic rings. The molecule has 1 aromatic heterocycles. The summed E-state index contributed by atoms with van der Waals surface area (Å²) >= 11 is 9.87. The van der Waals surface area contributed by atoms with E-state index in [1.54, 1.807) is 6.20 Å². The first-order valence-corrected chi connectivity index (χ1v) is 9.58. The molecule has 7 heteroatoms. The lowest BCUT2D eigenvalue weighted by Gasteiger charge is -2.40. The molecule has 1 N–H and O–H groups in total. The number of aliphatic carboxylic acids is 1. The molecule has 1 fully saturated rings. The Kier molecular flexibility index (Phi) is 6.07. The van der Waals surface area contributed by atoms with E-state index in [-0.39, 0.29) is 10.6 Å². The second-order valence-corrected chi connectivity index (χ2v) is 9.47. The minimum atomic E-state index is -1.18. The van der Waals surface area contributed by atoms with Gasteiger partial charge in [0.05, 0.1) is 21.3 Å². The van der Waals surface area contributed by atoms with Crippen LogP contribution < -0.4 is 4.90 Å². The molecule has 25 heavy (non-hydrogen) atoms. The van der Waals surface area contributed by atoms with Crippen molar-refractivity contribution in [3.05, 3.63) is 21.4 Å². The fraction of sp³-hybridized carbons (Fsp3) is 0.667. The second kappa shape index (κ2) is 7.41. The van der Waals surface area contributed by atoms with Gasteiger partial charge in [0, 0.05) is 19.3 Å². The van der Waals surface area contributed by atoms with Crippen molar-refractivity contribution in [1.82, 2.24) is 4.98 Å². The van der Waals surface area contributed by atoms with Crippen LogP contribution in [0.25, 0.3) is 0 Å². The zero-order chi connectivity index (χ0) is 19.0. The average Bonchev–Trinajstić information content (AvgIpc) is 2.47. The smallest absolute Gasteiger partial charge is 0.337 e. The number of rotatable bonds is 4. The molecule has 1 atom stereocenters. The van der Waals surface area contributed by atoms with E-state index in [0.29, 0.717) is 5.56 Å². The van der Waals surface area contributed by atoms with E-state index in [1.807, 2.05) is 20.8 Å². The molecule has 5 nitrogen and oxygen atoms in total. The summed E-state index contributed by atoms with van der Waals surface area (Å²) in [5.41, 5.74) is 0.842. The molecule has 0 aliphatic carbocycles. The van der Waals surface area contributed by atoms with Crippen LogP contribution in [0.3, 0.4) is 0 Å². The van der Waals surface area contributed by atoms with Crippen molar-refractivity contribution in [1.29, 1.82) is 0 Å². The third-order valence-corrected chi connectivity index (χ3v) is 5.27. The molecule has 1 saturated heterocycles. The lowest BCUT2D eigenvalue weighted by molar-refractivity contribution is -0.160. The van der Waals surface area contributed by atoms with Crippen molar-refractivity contribution in [2.24, 2.45) is 5.41 Å². The number of pyridine rings is 1. The summed E-state index contributed by atoms with van der Waals surface area (Å²) in [6.07, 6.45) is 2.49. The molecule has 1 unspecified atom stereocenters. The van der Waals surface area contributed by atoms with Crippen LogP contribution in [0, 0.1) is 5.41 Å². The Bertz CT molecular complexity index is 648. The van der Waals surface area contributed by atoms with Gasteiger partial charge < -0.3 is 14.7 Å². The van der Waals surface area contributed by atoms with Crippen molar-refractivity contribution in [2.75, 3.05) is 18.0 Å². The summed E-state index contributed by atoms with van der Waals surface area (Å²) in [7, 11) is 0. The van der Waals surface area contributed by atoms with Gasteiger partial charge in [-0.2, -0.15) is 0 Å². The number of aromatic nitrogens is 1. The summed E-state index contributed by atoms with van der Waals surface area (Å²) in [5, 5.41) is 9.93. The summed E-state index contributed by atoms with van der Waals surface area (Å²) in [5.74, 6) is -1.07. The van der Waals surface area contributed by atoms with E-state index >= 15 is 0 Å². The molecular formula is C18H26BrClN2O3. The highest BCUT2D eigenvalue weighted by Gasteiger charge is 2.35. The Hall–Kier alpha value is -0.850. The highest BCUT2D eigenvalue weighted by atomic mass is 79.9. The van der Waals surface area contributed by atoms with Gasteiger partial charge in [0.2, 0.25) is 0 Å². The second-order valence-electron chi connectivity index (χ2n) is 8.26. The molecule has 2 heterocycles. The van der Waals surface area contributed by atoms with Crippen LogP contribution in [0.4, 0.5) is 5.69 Å². The average molecular weight is 434 g/mol. The number of halogens is 2. The Balaban J connectivity index is 2.50. The maximum Gasteiger partial charge on any atom is 0.337 e. The van der Waals surface area contributed by atoms with Gasteiger partial charge in [-0.3, -0.25) is 0 Å². The van der Waals surface area contributed by atoms with E-state index in [2.05, 4.69) is 39.7 Å². The quantitative estimate of drug-likeness (QED) is 0.672. The monoisotopic (exact) mass is 432 g/mol. The van der Waals surface area contributed by atoms with Gasteiger partial charge in [0.25, 0.3) is 0 Å². The van der Waals surface area contributed by atoms with Crippen LogP contribution in [0.5, 0.6) is 0 Å². The topological polar surface area (TPSA) is 62.7 Å². The van der Waals surface area contributed by atoms with E-state index in [1.165, 1.54) is 0 Å². The molecule has 140 valence electrons. The predicted molar refractivity (Wildman–Crippen MR) is 103 cm³/mol. The number of anilines is 1. The first-order valence-electron chi connectivity index (χ1n) is 8.41. The molecule has 0 spiro atoms. The first kappa shape index (κ1) is 20.5. The number of carboxylic acids is 1. The van der Waals surface area contributed by atoms with Gasteiger partial charge in [-0.1, -0.05) is 25.4 Å². The summed E-state index contributed by atoms with van der Waals surface area (Å²) < 4.78 is 6.55. The highest BCUT2D eigenvalue weighted by molar-refractivity contribution is 9.10. The number of hydrogen-bond donors (Lipinski definition) is 1. The number of nitrogens with zero attached hydrogens (tertiary/aromatic N) is 2.